The van der Waals surface area contributed by atoms with Crippen LogP contribution in [0.1, 0.15) is 43.0 Å². The second-order valence-electron chi connectivity index (χ2n) is 6.93. The first kappa shape index (κ1) is 19.6. The highest BCUT2D eigenvalue weighted by Gasteiger charge is 2.31. The molecule has 6 nitrogen and oxygen atoms in total. The van der Waals surface area contributed by atoms with Crippen molar-refractivity contribution >= 4 is 11.5 Å². The zero-order chi connectivity index (χ0) is 20.5. The van der Waals surface area contributed by atoms with Crippen molar-refractivity contribution < 1.29 is 14.6 Å². The number of pyridine rings is 2. The van der Waals surface area contributed by atoms with Crippen LogP contribution < -0.4 is 5.56 Å². The number of aryl methyl sites for hydroxylation is 1. The fraction of sp³-hybridized carbons (Fsp3) is 0.318. The number of aromatic nitrogens is 2. The van der Waals surface area contributed by atoms with Gasteiger partial charge in [-0.15, -0.1) is 0 Å². The summed E-state index contributed by atoms with van der Waals surface area (Å²) in [5.41, 5.74) is 1.65. The average Bonchev–Trinajstić information content (AvgIpc) is 3.02. The number of fused-ring (bicyclic) bond motifs is 1. The predicted octanol–water partition coefficient (Wildman–Crippen LogP) is 1.93. The van der Waals surface area contributed by atoms with Crippen molar-refractivity contribution in [2.45, 2.75) is 32.8 Å². The van der Waals surface area contributed by atoms with Crippen LogP contribution in [0.25, 0.3) is 5.57 Å². The van der Waals surface area contributed by atoms with E-state index in [0.29, 0.717) is 34.2 Å². The number of hydrogen-bond acceptors (Lipinski definition) is 5. The maximum Gasteiger partial charge on any atom is 0.338 e. The topological polar surface area (TPSA) is 81.4 Å². The van der Waals surface area contributed by atoms with Gasteiger partial charge in [-0.3, -0.25) is 9.78 Å². The molecule has 28 heavy (non-hydrogen) atoms. The van der Waals surface area contributed by atoms with E-state index >= 15 is 0 Å². The molecule has 0 saturated heterocycles. The minimum atomic E-state index is -1.43. The minimum absolute atomic E-state index is 0.168. The third-order valence-corrected chi connectivity index (χ3v) is 4.73. The number of nitrogens with zero attached hydrogens (tertiary/aromatic N) is 2. The summed E-state index contributed by atoms with van der Waals surface area (Å²) in [4.78, 5) is 29.1. The van der Waals surface area contributed by atoms with Crippen LogP contribution in [0.4, 0.5) is 0 Å². The fourth-order valence-electron chi connectivity index (χ4n) is 3.30. The Kier molecular flexibility index (Phi) is 5.21. The van der Waals surface area contributed by atoms with Crippen molar-refractivity contribution in [3.63, 3.8) is 0 Å². The molecule has 0 aliphatic heterocycles. The lowest BCUT2D eigenvalue weighted by Gasteiger charge is -2.16. The Morgan fingerprint density at radius 3 is 2.86 bits per heavy atom. The van der Waals surface area contributed by atoms with E-state index in [9.17, 15) is 14.7 Å². The molecule has 2 aromatic heterocycles. The lowest BCUT2D eigenvalue weighted by Crippen LogP contribution is -2.23. The van der Waals surface area contributed by atoms with Gasteiger partial charge in [-0.1, -0.05) is 23.5 Å². The van der Waals surface area contributed by atoms with E-state index < -0.39 is 11.6 Å². The second-order valence-corrected chi connectivity index (χ2v) is 6.93. The van der Waals surface area contributed by atoms with Crippen LogP contribution in [0.2, 0.25) is 0 Å². The van der Waals surface area contributed by atoms with Gasteiger partial charge in [-0.05, 0) is 26.8 Å². The normalized spacial score (nSPS) is 14.8. The Balaban J connectivity index is 2.15. The number of rotatable bonds is 3. The van der Waals surface area contributed by atoms with Crippen LogP contribution in [0, 0.1) is 11.8 Å². The van der Waals surface area contributed by atoms with Gasteiger partial charge >= 0.3 is 5.97 Å². The molecule has 0 amide bonds. The van der Waals surface area contributed by atoms with Gasteiger partial charge < -0.3 is 14.4 Å². The summed E-state index contributed by atoms with van der Waals surface area (Å²) in [6.45, 7) is 5.37. The van der Waals surface area contributed by atoms with Gasteiger partial charge in [-0.2, -0.15) is 0 Å². The molecule has 0 spiro atoms. The fourth-order valence-corrected chi connectivity index (χ4v) is 3.30. The Bertz CT molecular complexity index is 1080. The quantitative estimate of drug-likeness (QED) is 0.652. The third kappa shape index (κ3) is 3.49. The van der Waals surface area contributed by atoms with Crippen LogP contribution >= 0.6 is 0 Å². The second kappa shape index (κ2) is 7.45. The molecule has 3 rings (SSSR count). The van der Waals surface area contributed by atoms with Crippen LogP contribution in [0.15, 0.2) is 41.1 Å². The number of hydrogen-bond donors (Lipinski definition) is 1. The molecule has 0 fully saturated rings. The smallest absolute Gasteiger partial charge is 0.338 e. The van der Waals surface area contributed by atoms with E-state index in [1.807, 2.05) is 6.92 Å². The standard InChI is InChI=1S/C22H22N2O4/c1-5-28-21(26)18-14(2)11-17-19(18)15(13-24(4)20(17)25)8-9-22(3,27)16-7-6-10-23-12-16/h6-7,10,12-13,27H,5,11H2,1-4H3. The van der Waals surface area contributed by atoms with Crippen molar-refractivity contribution in [3.05, 3.63) is 68.9 Å². The van der Waals surface area contributed by atoms with Crippen LogP contribution in [0.3, 0.4) is 0 Å². The molecule has 1 aliphatic carbocycles. The van der Waals surface area contributed by atoms with Gasteiger partial charge in [0.05, 0.1) is 12.2 Å². The zero-order valence-electron chi connectivity index (χ0n) is 16.4. The van der Waals surface area contributed by atoms with Gasteiger partial charge in [0.25, 0.3) is 5.56 Å². The van der Waals surface area contributed by atoms with Gasteiger partial charge in [0.1, 0.15) is 5.60 Å². The number of aliphatic hydroxyl groups is 1. The highest BCUT2D eigenvalue weighted by Crippen LogP contribution is 2.34. The first-order valence-electron chi connectivity index (χ1n) is 9.02. The predicted molar refractivity (Wildman–Crippen MR) is 105 cm³/mol. The van der Waals surface area contributed by atoms with E-state index in [0.717, 1.165) is 5.57 Å². The highest BCUT2D eigenvalue weighted by atomic mass is 16.5. The van der Waals surface area contributed by atoms with Crippen LogP contribution in [0.5, 0.6) is 0 Å². The highest BCUT2D eigenvalue weighted by molar-refractivity contribution is 6.19. The van der Waals surface area contributed by atoms with Gasteiger partial charge in [0.15, 0.2) is 0 Å². The summed E-state index contributed by atoms with van der Waals surface area (Å²) in [5.74, 6) is 5.36. The largest absolute Gasteiger partial charge is 0.462 e. The summed E-state index contributed by atoms with van der Waals surface area (Å²) in [6, 6.07) is 3.46. The minimum Gasteiger partial charge on any atom is -0.462 e. The number of allylic oxidation sites excluding steroid dienone is 1. The molecule has 0 radical (unpaired) electrons. The molecule has 2 heterocycles. The Labute approximate surface area is 163 Å². The molecular formula is C22H22N2O4. The molecule has 1 aliphatic rings. The summed E-state index contributed by atoms with van der Waals surface area (Å²) in [5, 5.41) is 10.7. The Hall–Kier alpha value is -3.17. The average molecular weight is 378 g/mol. The van der Waals surface area contributed by atoms with E-state index in [2.05, 4.69) is 16.8 Å². The molecule has 0 saturated carbocycles. The van der Waals surface area contributed by atoms with Crippen molar-refractivity contribution in [3.8, 4) is 11.8 Å². The Morgan fingerprint density at radius 1 is 1.46 bits per heavy atom. The monoisotopic (exact) mass is 378 g/mol. The molecule has 0 aromatic carbocycles. The van der Waals surface area contributed by atoms with Crippen molar-refractivity contribution in [2.24, 2.45) is 7.05 Å². The van der Waals surface area contributed by atoms with Gasteiger partial charge in [0, 0.05) is 54.3 Å². The van der Waals surface area contributed by atoms with E-state index in [4.69, 9.17) is 4.74 Å². The molecule has 144 valence electrons. The molecular weight excluding hydrogens is 356 g/mol. The Morgan fingerprint density at radius 2 is 2.21 bits per heavy atom. The molecule has 0 bridgehead atoms. The lowest BCUT2D eigenvalue weighted by molar-refractivity contribution is -0.136. The SMILES string of the molecule is CCOC(=O)C1=C(C)Cc2c1c(C#CC(C)(O)c1cccnc1)cn(C)c2=O. The van der Waals surface area contributed by atoms with Crippen molar-refractivity contribution in [1.29, 1.82) is 0 Å². The van der Waals surface area contributed by atoms with Crippen molar-refractivity contribution in [1.82, 2.24) is 9.55 Å². The van der Waals surface area contributed by atoms with Crippen LogP contribution in [-0.4, -0.2) is 27.2 Å². The maximum absolute atomic E-state index is 12.6. The summed E-state index contributed by atoms with van der Waals surface area (Å²) < 4.78 is 6.63. The molecule has 6 heteroatoms. The van der Waals surface area contributed by atoms with Gasteiger partial charge in [0.2, 0.25) is 0 Å². The zero-order valence-corrected chi connectivity index (χ0v) is 16.4. The van der Waals surface area contributed by atoms with Crippen molar-refractivity contribution in [2.75, 3.05) is 6.61 Å². The summed E-state index contributed by atoms with van der Waals surface area (Å²) in [7, 11) is 1.64. The van der Waals surface area contributed by atoms with E-state index in [1.165, 1.54) is 4.57 Å². The molecule has 1 unspecified atom stereocenters. The van der Waals surface area contributed by atoms with E-state index in [1.54, 1.807) is 51.6 Å². The number of ether oxygens (including phenoxy) is 1. The maximum atomic E-state index is 12.6. The summed E-state index contributed by atoms with van der Waals surface area (Å²) in [6.07, 6.45) is 5.13. The number of carbonyl (C=O) groups is 1. The first-order chi connectivity index (χ1) is 13.3. The number of esters is 1. The molecule has 1 atom stereocenters. The lowest BCUT2D eigenvalue weighted by atomic mass is 9.96. The van der Waals surface area contributed by atoms with Gasteiger partial charge in [-0.25, -0.2) is 4.79 Å². The summed E-state index contributed by atoms with van der Waals surface area (Å²) >= 11 is 0. The molecule has 1 N–H and O–H groups in total. The van der Waals surface area contributed by atoms with E-state index in [-0.39, 0.29) is 12.2 Å². The first-order valence-corrected chi connectivity index (χ1v) is 9.02. The van der Waals surface area contributed by atoms with Crippen LogP contribution in [-0.2, 0) is 28.6 Å². The molecule has 2 aromatic rings. The number of carbonyl (C=O) groups excluding carboxylic acids is 1. The third-order valence-electron chi connectivity index (χ3n) is 4.73.